The molecular weight excluding hydrogens is 625 g/mol. The Morgan fingerprint density at radius 1 is 0.569 bits per heavy atom. The van der Waals surface area contributed by atoms with Crippen molar-refractivity contribution in [3.05, 3.63) is 132 Å². The summed E-state index contributed by atoms with van der Waals surface area (Å²) in [7, 11) is 0. The molecule has 252 valence electrons. The molecule has 0 amide bonds. The number of hydrogen-bond donors (Lipinski definition) is 0. The van der Waals surface area contributed by atoms with Crippen LogP contribution >= 0.6 is 0 Å². The number of aromatic nitrogens is 2. The molecule has 4 heteroatoms. The first-order valence-corrected chi connectivity index (χ1v) is 18.1. The van der Waals surface area contributed by atoms with Gasteiger partial charge in [0.2, 0.25) is 0 Å². The lowest BCUT2D eigenvalue weighted by atomic mass is 9.86. The molecule has 4 nitrogen and oxygen atoms in total. The molecule has 0 aliphatic carbocycles. The number of benzene rings is 6. The number of rotatable bonds is 5. The van der Waals surface area contributed by atoms with Gasteiger partial charge in [-0.1, -0.05) is 115 Å². The number of nitrogens with zero attached hydrogens (tertiary/aromatic N) is 2. The maximum Gasteiger partial charge on any atom is 0.149 e. The van der Waals surface area contributed by atoms with Crippen LogP contribution in [0, 0.1) is 0 Å². The van der Waals surface area contributed by atoms with Gasteiger partial charge in [0, 0.05) is 21.5 Å². The van der Waals surface area contributed by atoms with Crippen LogP contribution in [0.4, 0.5) is 0 Å². The second-order valence-electron chi connectivity index (χ2n) is 15.6. The fourth-order valence-corrected chi connectivity index (χ4v) is 7.76. The average Bonchev–Trinajstić information content (AvgIpc) is 3.80. The minimum absolute atomic E-state index is 0.0124. The molecule has 3 aromatic heterocycles. The summed E-state index contributed by atoms with van der Waals surface area (Å²) in [4.78, 5) is 5.51. The van der Waals surface area contributed by atoms with Gasteiger partial charge >= 0.3 is 0 Å². The second kappa shape index (κ2) is 11.5. The van der Waals surface area contributed by atoms with Gasteiger partial charge < -0.3 is 8.83 Å². The van der Waals surface area contributed by atoms with Crippen molar-refractivity contribution in [3.63, 3.8) is 0 Å². The lowest BCUT2D eigenvalue weighted by Gasteiger charge is -2.24. The quantitative estimate of drug-likeness (QED) is 0.184. The SMILES string of the molecule is CC(C)c1cc(-c2ccccc2)cc(C(C)C)c1-n1c(-c2cccc3c2oc2cc4c(cc23)oc2ccccc24)nc2cc(C(C)(C)C)ccc21. The summed E-state index contributed by atoms with van der Waals surface area (Å²) in [5.74, 6) is 1.42. The Hall–Kier alpha value is -5.61. The molecule has 0 radical (unpaired) electrons. The Bertz CT molecular complexity index is 2750. The summed E-state index contributed by atoms with van der Waals surface area (Å²) in [6, 6.07) is 41.2. The predicted octanol–water partition coefficient (Wildman–Crippen LogP) is 13.7. The molecule has 0 aliphatic heterocycles. The fraction of sp³-hybridized carbons (Fsp3) is 0.213. The molecular formula is C47H42N2O2. The maximum atomic E-state index is 6.87. The van der Waals surface area contributed by atoms with Gasteiger partial charge in [0.05, 0.1) is 22.3 Å². The van der Waals surface area contributed by atoms with Crippen LogP contribution in [0.15, 0.2) is 124 Å². The molecule has 0 saturated carbocycles. The number of para-hydroxylation sites is 2. The second-order valence-corrected chi connectivity index (χ2v) is 15.6. The van der Waals surface area contributed by atoms with E-state index in [1.54, 1.807) is 0 Å². The van der Waals surface area contributed by atoms with Crippen LogP contribution in [-0.2, 0) is 5.41 Å². The van der Waals surface area contributed by atoms with Crippen molar-refractivity contribution >= 4 is 54.9 Å². The van der Waals surface area contributed by atoms with E-state index in [4.69, 9.17) is 13.8 Å². The van der Waals surface area contributed by atoms with Crippen molar-refractivity contribution in [3.8, 4) is 28.2 Å². The fourth-order valence-electron chi connectivity index (χ4n) is 7.76. The van der Waals surface area contributed by atoms with Gasteiger partial charge in [0.25, 0.3) is 0 Å². The van der Waals surface area contributed by atoms with E-state index in [9.17, 15) is 0 Å². The van der Waals surface area contributed by atoms with Crippen molar-refractivity contribution in [1.82, 2.24) is 9.55 Å². The summed E-state index contributed by atoms with van der Waals surface area (Å²) < 4.78 is 15.6. The summed E-state index contributed by atoms with van der Waals surface area (Å²) in [6.07, 6.45) is 0. The van der Waals surface area contributed by atoms with Crippen molar-refractivity contribution in [2.24, 2.45) is 0 Å². The average molecular weight is 667 g/mol. The van der Waals surface area contributed by atoms with Crippen LogP contribution in [0.5, 0.6) is 0 Å². The molecule has 0 aliphatic rings. The van der Waals surface area contributed by atoms with Gasteiger partial charge in [-0.25, -0.2) is 4.98 Å². The summed E-state index contributed by atoms with van der Waals surface area (Å²) in [6.45, 7) is 16.0. The molecule has 0 atom stereocenters. The molecule has 0 fully saturated rings. The first kappa shape index (κ1) is 31.4. The van der Waals surface area contributed by atoms with Crippen LogP contribution in [0.3, 0.4) is 0 Å². The Labute approximate surface area is 298 Å². The number of fused-ring (bicyclic) bond motifs is 7. The molecule has 0 bridgehead atoms. The van der Waals surface area contributed by atoms with Gasteiger partial charge in [-0.3, -0.25) is 4.57 Å². The number of hydrogen-bond acceptors (Lipinski definition) is 3. The predicted molar refractivity (Wildman–Crippen MR) is 213 cm³/mol. The van der Waals surface area contributed by atoms with Crippen LogP contribution < -0.4 is 0 Å². The first-order chi connectivity index (χ1) is 24.6. The minimum atomic E-state index is -0.0124. The number of imidazole rings is 1. The van der Waals surface area contributed by atoms with E-state index < -0.39 is 0 Å². The molecule has 3 heterocycles. The van der Waals surface area contributed by atoms with Crippen molar-refractivity contribution in [2.75, 3.05) is 0 Å². The van der Waals surface area contributed by atoms with Crippen molar-refractivity contribution in [2.45, 2.75) is 65.7 Å². The van der Waals surface area contributed by atoms with Crippen LogP contribution in [0.2, 0.25) is 0 Å². The van der Waals surface area contributed by atoms with E-state index in [0.717, 1.165) is 66.3 Å². The Morgan fingerprint density at radius 2 is 1.22 bits per heavy atom. The Morgan fingerprint density at radius 3 is 1.92 bits per heavy atom. The highest BCUT2D eigenvalue weighted by Crippen LogP contribution is 2.44. The van der Waals surface area contributed by atoms with Crippen LogP contribution in [0.1, 0.15) is 77.0 Å². The minimum Gasteiger partial charge on any atom is -0.456 e. The highest BCUT2D eigenvalue weighted by atomic mass is 16.3. The zero-order valence-corrected chi connectivity index (χ0v) is 30.3. The van der Waals surface area contributed by atoms with E-state index in [1.165, 1.54) is 33.5 Å². The van der Waals surface area contributed by atoms with Crippen LogP contribution in [0.25, 0.3) is 83.1 Å². The van der Waals surface area contributed by atoms with Crippen molar-refractivity contribution in [1.29, 1.82) is 0 Å². The van der Waals surface area contributed by atoms with Gasteiger partial charge in [0.1, 0.15) is 28.2 Å². The third kappa shape index (κ3) is 4.99. The largest absolute Gasteiger partial charge is 0.456 e. The smallest absolute Gasteiger partial charge is 0.149 e. The molecule has 0 spiro atoms. The Balaban J connectivity index is 1.37. The zero-order valence-electron chi connectivity index (χ0n) is 30.3. The molecule has 0 saturated heterocycles. The first-order valence-electron chi connectivity index (χ1n) is 18.1. The molecule has 0 unspecified atom stereocenters. The molecule has 51 heavy (non-hydrogen) atoms. The van der Waals surface area contributed by atoms with E-state index in [2.05, 4.69) is 156 Å². The summed E-state index contributed by atoms with van der Waals surface area (Å²) in [5.41, 5.74) is 14.0. The third-order valence-corrected chi connectivity index (χ3v) is 10.5. The standard InChI is InChI=1S/C47H42N2O2/c1-27(2)35-22-30(29-14-9-8-10-15-29)23-36(28(3)4)44(35)49-40-21-20-31(47(5,6)7)24-39(40)48-46(49)34-18-13-17-33-38-26-42-37(25-43(38)51-45(33)34)32-16-11-12-19-41(32)50-42/h8-28H,1-7H3. The van der Waals surface area contributed by atoms with E-state index in [1.807, 2.05) is 12.1 Å². The molecule has 9 rings (SSSR count). The lowest BCUT2D eigenvalue weighted by Crippen LogP contribution is -2.11. The van der Waals surface area contributed by atoms with E-state index >= 15 is 0 Å². The van der Waals surface area contributed by atoms with Crippen LogP contribution in [-0.4, -0.2) is 9.55 Å². The highest BCUT2D eigenvalue weighted by molar-refractivity contribution is 6.16. The molecule has 0 N–H and O–H groups in total. The lowest BCUT2D eigenvalue weighted by molar-refractivity contribution is 0.591. The zero-order chi connectivity index (χ0) is 35.2. The highest BCUT2D eigenvalue weighted by Gasteiger charge is 2.27. The van der Waals surface area contributed by atoms with Gasteiger partial charge in [-0.05, 0) is 93.6 Å². The third-order valence-electron chi connectivity index (χ3n) is 10.5. The Kier molecular flexibility index (Phi) is 7.05. The van der Waals surface area contributed by atoms with Gasteiger partial charge in [-0.2, -0.15) is 0 Å². The monoisotopic (exact) mass is 666 g/mol. The van der Waals surface area contributed by atoms with Gasteiger partial charge in [0.15, 0.2) is 0 Å². The maximum absolute atomic E-state index is 6.87. The van der Waals surface area contributed by atoms with Crippen molar-refractivity contribution < 1.29 is 8.83 Å². The summed E-state index contributed by atoms with van der Waals surface area (Å²) >= 11 is 0. The van der Waals surface area contributed by atoms with E-state index in [-0.39, 0.29) is 17.3 Å². The summed E-state index contributed by atoms with van der Waals surface area (Å²) in [5, 5.41) is 4.23. The van der Waals surface area contributed by atoms with Gasteiger partial charge in [-0.15, -0.1) is 0 Å². The normalized spacial score (nSPS) is 12.6. The van der Waals surface area contributed by atoms with E-state index in [0.29, 0.717) is 0 Å². The molecule has 6 aromatic carbocycles. The molecule has 9 aromatic rings. The number of furan rings is 2. The topological polar surface area (TPSA) is 44.1 Å².